The highest BCUT2D eigenvalue weighted by Gasteiger charge is 2.28. The molecule has 2 aliphatic heterocycles. The van der Waals surface area contributed by atoms with Crippen LogP contribution in [0.1, 0.15) is 50.4 Å². The van der Waals surface area contributed by atoms with Crippen molar-refractivity contribution in [1.82, 2.24) is 9.88 Å². The van der Waals surface area contributed by atoms with E-state index in [2.05, 4.69) is 30.7 Å². The Morgan fingerprint density at radius 3 is 2.37 bits per heavy atom. The number of amides is 1. The van der Waals surface area contributed by atoms with Crippen LogP contribution in [-0.2, 0) is 9.84 Å². The van der Waals surface area contributed by atoms with Gasteiger partial charge in [-0.05, 0) is 42.7 Å². The lowest BCUT2D eigenvalue weighted by Crippen LogP contribution is -2.43. The molecule has 1 atom stereocenters. The fourth-order valence-electron chi connectivity index (χ4n) is 3.99. The van der Waals surface area contributed by atoms with Crippen LogP contribution in [0, 0.1) is 11.3 Å². The smallest absolute Gasteiger partial charge is 0.255 e. The lowest BCUT2D eigenvalue weighted by molar-refractivity contribution is 0.0770. The Hall–Kier alpha value is -1.63. The lowest BCUT2D eigenvalue weighted by Gasteiger charge is -2.30. The number of carbonyl (C=O) groups excluding carboxylic acids is 1. The summed E-state index contributed by atoms with van der Waals surface area (Å²) in [6, 6.07) is 3.74. The third-order valence-electron chi connectivity index (χ3n) is 5.90. The van der Waals surface area contributed by atoms with Crippen molar-refractivity contribution in [3.8, 4) is 0 Å². The second kappa shape index (κ2) is 7.78. The van der Waals surface area contributed by atoms with Crippen molar-refractivity contribution in [2.24, 2.45) is 11.3 Å². The fraction of sp³-hybridized carbons (Fsp3) is 0.700. The molecule has 0 bridgehead atoms. The van der Waals surface area contributed by atoms with Gasteiger partial charge in [0.2, 0.25) is 0 Å². The third-order valence-corrected chi connectivity index (χ3v) is 7.51. The van der Waals surface area contributed by atoms with Crippen LogP contribution in [0.5, 0.6) is 0 Å². The molecule has 1 amide bonds. The fourth-order valence-corrected chi connectivity index (χ4v) is 5.19. The molecule has 2 saturated heterocycles. The number of nitrogens with zero attached hydrogens (tertiary/aromatic N) is 3. The first-order chi connectivity index (χ1) is 12.7. The molecule has 150 valence electrons. The number of aromatic nitrogens is 1. The number of hydrogen-bond acceptors (Lipinski definition) is 5. The predicted octanol–water partition coefficient (Wildman–Crippen LogP) is 2.60. The summed E-state index contributed by atoms with van der Waals surface area (Å²) in [5, 5.41) is 0. The molecule has 6 nitrogen and oxygen atoms in total. The summed E-state index contributed by atoms with van der Waals surface area (Å²) in [4.78, 5) is 21.0. The molecule has 2 aliphatic rings. The highest BCUT2D eigenvalue weighted by Crippen LogP contribution is 2.35. The van der Waals surface area contributed by atoms with E-state index in [1.807, 2.05) is 12.1 Å². The van der Waals surface area contributed by atoms with E-state index in [-0.39, 0.29) is 30.5 Å². The minimum Gasteiger partial charge on any atom is -0.357 e. The van der Waals surface area contributed by atoms with Gasteiger partial charge in [-0.2, -0.15) is 0 Å². The van der Waals surface area contributed by atoms with Crippen LogP contribution in [-0.4, -0.2) is 61.9 Å². The maximum Gasteiger partial charge on any atom is 0.255 e. The predicted molar refractivity (Wildman–Crippen MR) is 108 cm³/mol. The zero-order valence-electron chi connectivity index (χ0n) is 16.6. The molecule has 0 saturated carbocycles. The second-order valence-corrected chi connectivity index (χ2v) is 11.1. The van der Waals surface area contributed by atoms with E-state index in [9.17, 15) is 13.2 Å². The molecule has 7 heteroatoms. The van der Waals surface area contributed by atoms with Gasteiger partial charge in [0.05, 0.1) is 17.1 Å². The van der Waals surface area contributed by atoms with Crippen molar-refractivity contribution in [3.63, 3.8) is 0 Å². The minimum atomic E-state index is -2.99. The van der Waals surface area contributed by atoms with Gasteiger partial charge < -0.3 is 9.80 Å². The highest BCUT2D eigenvalue weighted by atomic mass is 32.2. The normalized spacial score (nSPS) is 23.7. The van der Waals surface area contributed by atoms with Gasteiger partial charge in [0.25, 0.3) is 5.91 Å². The summed E-state index contributed by atoms with van der Waals surface area (Å²) in [6.07, 6.45) is 5.20. The molecule has 0 spiro atoms. The lowest BCUT2D eigenvalue weighted by atomic mass is 9.77. The summed E-state index contributed by atoms with van der Waals surface area (Å²) < 4.78 is 23.1. The number of rotatable bonds is 2. The Bertz CT molecular complexity index is 755. The largest absolute Gasteiger partial charge is 0.357 e. The Kier molecular flexibility index (Phi) is 5.79. The molecule has 0 radical (unpaired) electrons. The Morgan fingerprint density at radius 1 is 1.07 bits per heavy atom. The van der Waals surface area contributed by atoms with Crippen molar-refractivity contribution in [3.05, 3.63) is 23.9 Å². The number of anilines is 1. The first-order valence-electron chi connectivity index (χ1n) is 9.86. The molecule has 1 aromatic rings. The maximum absolute atomic E-state index is 12.6. The molecule has 2 fully saturated rings. The van der Waals surface area contributed by atoms with Crippen molar-refractivity contribution >= 4 is 21.6 Å². The second-order valence-electron chi connectivity index (χ2n) is 8.83. The average molecular weight is 394 g/mol. The molecule has 27 heavy (non-hydrogen) atoms. The number of hydrogen-bond donors (Lipinski definition) is 0. The van der Waals surface area contributed by atoms with Gasteiger partial charge in [0.15, 0.2) is 9.84 Å². The number of sulfone groups is 1. The molecule has 1 aromatic heterocycles. The van der Waals surface area contributed by atoms with E-state index in [0.717, 1.165) is 37.7 Å². The van der Waals surface area contributed by atoms with Gasteiger partial charge in [-0.1, -0.05) is 20.8 Å². The zero-order valence-corrected chi connectivity index (χ0v) is 17.5. The van der Waals surface area contributed by atoms with Crippen LogP contribution in [0.2, 0.25) is 0 Å². The summed E-state index contributed by atoms with van der Waals surface area (Å²) >= 11 is 0. The van der Waals surface area contributed by atoms with Crippen molar-refractivity contribution < 1.29 is 13.2 Å². The first kappa shape index (κ1) is 20.1. The molecule has 3 rings (SSSR count). The van der Waals surface area contributed by atoms with E-state index >= 15 is 0 Å². The van der Waals surface area contributed by atoms with Crippen LogP contribution in [0.25, 0.3) is 0 Å². The molecular weight excluding hydrogens is 362 g/mol. The molecule has 0 N–H and O–H groups in total. The third kappa shape index (κ3) is 5.00. The van der Waals surface area contributed by atoms with Crippen LogP contribution in [0.4, 0.5) is 5.82 Å². The topological polar surface area (TPSA) is 70.6 Å². The minimum absolute atomic E-state index is 0.0486. The van der Waals surface area contributed by atoms with Gasteiger partial charge in [-0.15, -0.1) is 0 Å². The van der Waals surface area contributed by atoms with Gasteiger partial charge in [-0.3, -0.25) is 4.79 Å². The van der Waals surface area contributed by atoms with E-state index in [1.54, 1.807) is 11.1 Å². The van der Waals surface area contributed by atoms with Crippen molar-refractivity contribution in [1.29, 1.82) is 0 Å². The SMILES string of the molecule is CC(C)(C)C1CCCN(c2ccc(C(=O)N3CCS(=O)(=O)CC3)cn2)CC1. The van der Waals surface area contributed by atoms with E-state index in [1.165, 1.54) is 6.42 Å². The van der Waals surface area contributed by atoms with Crippen LogP contribution in [0.3, 0.4) is 0 Å². The molecule has 0 aromatic carbocycles. The number of pyridine rings is 1. The molecular formula is C20H31N3O3S. The molecule has 0 aliphatic carbocycles. The molecule has 1 unspecified atom stereocenters. The van der Waals surface area contributed by atoms with Crippen LogP contribution < -0.4 is 4.90 Å². The van der Waals surface area contributed by atoms with Gasteiger partial charge in [0.1, 0.15) is 5.82 Å². The Balaban J connectivity index is 1.62. The summed E-state index contributed by atoms with van der Waals surface area (Å²) in [6.45, 7) is 9.48. The summed E-state index contributed by atoms with van der Waals surface area (Å²) in [7, 11) is -2.99. The standard InChI is InChI=1S/C20H31N3O3S/c1-20(2,3)17-5-4-9-22(10-8-17)18-7-6-16(15-21-18)19(24)23-11-13-27(25,26)14-12-23/h6-7,15,17H,4-5,8-14H2,1-3H3. The van der Waals surface area contributed by atoms with Gasteiger partial charge in [-0.25, -0.2) is 13.4 Å². The van der Waals surface area contributed by atoms with Gasteiger partial charge in [0, 0.05) is 32.4 Å². The molecule has 3 heterocycles. The average Bonchev–Trinajstić information content (AvgIpc) is 2.87. The van der Waals surface area contributed by atoms with Crippen LogP contribution >= 0.6 is 0 Å². The summed E-state index contributed by atoms with van der Waals surface area (Å²) in [5.74, 6) is 1.61. The zero-order chi connectivity index (χ0) is 19.7. The van der Waals surface area contributed by atoms with E-state index in [4.69, 9.17) is 0 Å². The summed E-state index contributed by atoms with van der Waals surface area (Å²) in [5.41, 5.74) is 0.863. The van der Waals surface area contributed by atoms with Crippen LogP contribution in [0.15, 0.2) is 18.3 Å². The highest BCUT2D eigenvalue weighted by molar-refractivity contribution is 7.91. The Morgan fingerprint density at radius 2 is 1.78 bits per heavy atom. The Labute approximate surface area is 162 Å². The van der Waals surface area contributed by atoms with Gasteiger partial charge >= 0.3 is 0 Å². The van der Waals surface area contributed by atoms with E-state index < -0.39 is 9.84 Å². The first-order valence-corrected chi connectivity index (χ1v) is 11.7. The van der Waals surface area contributed by atoms with Crippen molar-refractivity contribution in [2.75, 3.05) is 42.6 Å². The maximum atomic E-state index is 12.6. The monoisotopic (exact) mass is 393 g/mol. The number of carbonyl (C=O) groups is 1. The van der Waals surface area contributed by atoms with E-state index in [0.29, 0.717) is 11.0 Å². The van der Waals surface area contributed by atoms with Crippen molar-refractivity contribution in [2.45, 2.75) is 40.0 Å². The quantitative estimate of drug-likeness (QED) is 0.772.